The lowest BCUT2D eigenvalue weighted by Crippen LogP contribution is -2.24. The number of nitrogens with one attached hydrogen (secondary N) is 1. The van der Waals surface area contributed by atoms with Crippen LogP contribution in [-0.4, -0.2) is 25.8 Å². The summed E-state index contributed by atoms with van der Waals surface area (Å²) in [4.78, 5) is 11.7. The highest BCUT2D eigenvalue weighted by Crippen LogP contribution is 2.24. The second-order valence-corrected chi connectivity index (χ2v) is 6.60. The van der Waals surface area contributed by atoms with Crippen LogP contribution in [0.1, 0.15) is 11.1 Å². The van der Waals surface area contributed by atoms with Crippen molar-refractivity contribution >= 4 is 44.0 Å². The Kier molecular flexibility index (Phi) is 6.81. The molecule has 0 fully saturated rings. The van der Waals surface area contributed by atoms with E-state index in [4.69, 9.17) is 9.47 Å². The number of amides is 1. The first-order chi connectivity index (χ1) is 11.5. The summed E-state index contributed by atoms with van der Waals surface area (Å²) in [5.41, 5.74) is 4.29. The summed E-state index contributed by atoms with van der Waals surface area (Å²) < 4.78 is 12.4. The molecule has 0 spiro atoms. The van der Waals surface area contributed by atoms with Gasteiger partial charge < -0.3 is 9.47 Å². The van der Waals surface area contributed by atoms with Crippen LogP contribution < -0.4 is 14.9 Å². The van der Waals surface area contributed by atoms with Gasteiger partial charge in [0.05, 0.1) is 17.8 Å². The summed E-state index contributed by atoms with van der Waals surface area (Å²) in [5.74, 6) is 1.03. The van der Waals surface area contributed by atoms with Crippen molar-refractivity contribution in [2.24, 2.45) is 5.10 Å². The zero-order chi connectivity index (χ0) is 17.5. The van der Waals surface area contributed by atoms with Crippen LogP contribution in [0.2, 0.25) is 0 Å². The number of nitrogens with zero attached hydrogens (tertiary/aromatic N) is 1. The monoisotopic (exact) mass is 454 g/mol. The second kappa shape index (κ2) is 8.84. The Morgan fingerprint density at radius 3 is 2.67 bits per heavy atom. The molecule has 126 valence electrons. The van der Waals surface area contributed by atoms with Crippen LogP contribution >= 0.6 is 31.9 Å². The lowest BCUT2D eigenvalue weighted by atomic mass is 10.2. The summed E-state index contributed by atoms with van der Waals surface area (Å²) in [6.07, 6.45) is 1.55. The van der Waals surface area contributed by atoms with Gasteiger partial charge >= 0.3 is 0 Å². The van der Waals surface area contributed by atoms with Crippen LogP contribution in [0.4, 0.5) is 0 Å². The molecule has 2 rings (SSSR count). The Morgan fingerprint density at radius 1 is 1.21 bits per heavy atom. The molecule has 1 N–H and O–H groups in total. The molecule has 0 unspecified atom stereocenters. The van der Waals surface area contributed by atoms with E-state index in [2.05, 4.69) is 42.4 Å². The van der Waals surface area contributed by atoms with Gasteiger partial charge in [0.2, 0.25) is 0 Å². The number of ether oxygens (including phenoxy) is 2. The minimum absolute atomic E-state index is 0.106. The van der Waals surface area contributed by atoms with Crippen molar-refractivity contribution < 1.29 is 14.3 Å². The topological polar surface area (TPSA) is 59.9 Å². The average molecular weight is 456 g/mol. The molecule has 0 saturated heterocycles. The number of carbonyl (C=O) groups is 1. The Balaban J connectivity index is 1.84. The smallest absolute Gasteiger partial charge is 0.277 e. The normalized spacial score (nSPS) is 10.7. The van der Waals surface area contributed by atoms with Crippen LogP contribution in [0.3, 0.4) is 0 Å². The summed E-state index contributed by atoms with van der Waals surface area (Å²) in [7, 11) is 1.60. The fourth-order valence-electron chi connectivity index (χ4n) is 1.83. The standard InChI is InChI=1S/C17H16Br2N2O3/c1-11-7-13(4-5-14(11)18)24-10-17(22)21-20-9-12-3-6-16(23-2)15(19)8-12/h3-9H,10H2,1-2H3,(H,21,22)/b20-9+. The lowest BCUT2D eigenvalue weighted by Gasteiger charge is -2.07. The highest BCUT2D eigenvalue weighted by atomic mass is 79.9. The van der Waals surface area contributed by atoms with E-state index in [9.17, 15) is 4.79 Å². The van der Waals surface area contributed by atoms with Crippen LogP contribution in [0.15, 0.2) is 50.4 Å². The van der Waals surface area contributed by atoms with Gasteiger partial charge in [0.15, 0.2) is 6.61 Å². The average Bonchev–Trinajstić information content (AvgIpc) is 2.56. The highest BCUT2D eigenvalue weighted by Gasteiger charge is 2.03. The number of benzene rings is 2. The largest absolute Gasteiger partial charge is 0.496 e. The molecule has 0 aliphatic rings. The number of methoxy groups -OCH3 is 1. The molecule has 5 nitrogen and oxygen atoms in total. The highest BCUT2D eigenvalue weighted by molar-refractivity contribution is 9.10. The van der Waals surface area contributed by atoms with Gasteiger partial charge in [0.1, 0.15) is 11.5 Å². The summed E-state index contributed by atoms with van der Waals surface area (Å²) in [5, 5.41) is 3.91. The molecule has 0 heterocycles. The van der Waals surface area contributed by atoms with Crippen molar-refractivity contribution in [3.05, 3.63) is 56.5 Å². The minimum Gasteiger partial charge on any atom is -0.496 e. The van der Waals surface area contributed by atoms with E-state index in [0.29, 0.717) is 5.75 Å². The van der Waals surface area contributed by atoms with Crippen molar-refractivity contribution in [2.75, 3.05) is 13.7 Å². The van der Waals surface area contributed by atoms with Gasteiger partial charge in [-0.15, -0.1) is 0 Å². The molecule has 0 saturated carbocycles. The number of aryl methyl sites for hydroxylation is 1. The molecule has 0 bridgehead atoms. The van der Waals surface area contributed by atoms with Gasteiger partial charge in [-0.3, -0.25) is 4.79 Å². The van der Waals surface area contributed by atoms with Gasteiger partial charge in [-0.05, 0) is 70.4 Å². The van der Waals surface area contributed by atoms with Crippen molar-refractivity contribution in [1.82, 2.24) is 5.43 Å². The van der Waals surface area contributed by atoms with E-state index in [1.807, 2.05) is 37.3 Å². The van der Waals surface area contributed by atoms with Crippen molar-refractivity contribution in [1.29, 1.82) is 0 Å². The van der Waals surface area contributed by atoms with E-state index in [-0.39, 0.29) is 12.5 Å². The van der Waals surface area contributed by atoms with E-state index >= 15 is 0 Å². The maximum absolute atomic E-state index is 11.7. The molecule has 0 radical (unpaired) electrons. The van der Waals surface area contributed by atoms with Crippen LogP contribution in [0.25, 0.3) is 0 Å². The third kappa shape index (κ3) is 5.35. The van der Waals surface area contributed by atoms with Crippen molar-refractivity contribution in [3.8, 4) is 11.5 Å². The summed E-state index contributed by atoms with van der Waals surface area (Å²) in [6.45, 7) is 1.85. The van der Waals surface area contributed by atoms with Crippen LogP contribution in [0.5, 0.6) is 11.5 Å². The lowest BCUT2D eigenvalue weighted by molar-refractivity contribution is -0.123. The Hall–Kier alpha value is -1.86. The zero-order valence-electron chi connectivity index (χ0n) is 13.2. The Labute approximate surface area is 157 Å². The maximum atomic E-state index is 11.7. The SMILES string of the molecule is COc1ccc(/C=N/NC(=O)COc2ccc(Br)c(C)c2)cc1Br. The molecule has 7 heteroatoms. The molecular formula is C17H16Br2N2O3. The molecule has 24 heavy (non-hydrogen) atoms. The second-order valence-electron chi connectivity index (χ2n) is 4.89. The molecule has 0 atom stereocenters. The number of hydrogen-bond donors (Lipinski definition) is 1. The molecule has 1 amide bonds. The predicted octanol–water partition coefficient (Wildman–Crippen LogP) is 4.06. The first-order valence-electron chi connectivity index (χ1n) is 7.04. The first kappa shape index (κ1) is 18.5. The fraction of sp³-hybridized carbons (Fsp3) is 0.176. The molecule has 2 aromatic carbocycles. The van der Waals surface area contributed by atoms with Crippen LogP contribution in [0, 0.1) is 6.92 Å². The number of carbonyl (C=O) groups excluding carboxylic acids is 1. The van der Waals surface area contributed by atoms with Gasteiger partial charge in [-0.25, -0.2) is 5.43 Å². The number of rotatable bonds is 6. The van der Waals surface area contributed by atoms with E-state index in [1.54, 1.807) is 19.4 Å². The van der Waals surface area contributed by atoms with E-state index in [1.165, 1.54) is 0 Å². The fourth-order valence-corrected chi connectivity index (χ4v) is 2.63. The molecule has 0 aliphatic carbocycles. The van der Waals surface area contributed by atoms with Gasteiger partial charge in [0, 0.05) is 4.47 Å². The van der Waals surface area contributed by atoms with Gasteiger partial charge in [-0.2, -0.15) is 5.10 Å². The van der Waals surface area contributed by atoms with Crippen molar-refractivity contribution in [3.63, 3.8) is 0 Å². The molecule has 0 aromatic heterocycles. The van der Waals surface area contributed by atoms with Crippen LogP contribution in [-0.2, 0) is 4.79 Å². The van der Waals surface area contributed by atoms with E-state index in [0.717, 1.165) is 25.8 Å². The van der Waals surface area contributed by atoms with Gasteiger partial charge in [0.25, 0.3) is 5.91 Å². The molecule has 0 aliphatic heterocycles. The predicted molar refractivity (Wildman–Crippen MR) is 101 cm³/mol. The number of hydrazone groups is 1. The summed E-state index contributed by atoms with van der Waals surface area (Å²) >= 11 is 6.81. The minimum atomic E-state index is -0.334. The molecule has 2 aromatic rings. The number of halogens is 2. The maximum Gasteiger partial charge on any atom is 0.277 e. The molecular weight excluding hydrogens is 440 g/mol. The van der Waals surface area contributed by atoms with E-state index < -0.39 is 0 Å². The quantitative estimate of drug-likeness (QED) is 0.527. The van der Waals surface area contributed by atoms with Crippen molar-refractivity contribution in [2.45, 2.75) is 6.92 Å². The summed E-state index contributed by atoms with van der Waals surface area (Å²) in [6, 6.07) is 11.0. The Bertz CT molecular complexity index is 763. The first-order valence-corrected chi connectivity index (χ1v) is 8.62. The van der Waals surface area contributed by atoms with Gasteiger partial charge in [-0.1, -0.05) is 15.9 Å². The zero-order valence-corrected chi connectivity index (χ0v) is 16.3. The third-order valence-corrected chi connectivity index (χ3v) is 4.59. The number of hydrogen-bond acceptors (Lipinski definition) is 4. The third-order valence-electron chi connectivity index (χ3n) is 3.08. The Morgan fingerprint density at radius 2 is 2.00 bits per heavy atom.